The topological polar surface area (TPSA) is 30.0 Å². The van der Waals surface area contributed by atoms with E-state index in [1.807, 2.05) is 24.3 Å². The summed E-state index contributed by atoms with van der Waals surface area (Å²) in [6.45, 7) is 1.50. The number of carbonyl (C=O) groups excluding carboxylic acids is 1. The Balaban J connectivity index is 1.95. The van der Waals surface area contributed by atoms with Gasteiger partial charge >= 0.3 is 0 Å². The van der Waals surface area contributed by atoms with Gasteiger partial charge in [-0.2, -0.15) is 0 Å². The molecule has 106 valence electrons. The first-order chi connectivity index (χ1) is 10.1. The molecule has 0 radical (unpaired) electrons. The van der Waals surface area contributed by atoms with Crippen LogP contribution in [0, 0.1) is 18.6 Å². The van der Waals surface area contributed by atoms with Crippen LogP contribution >= 0.6 is 11.3 Å². The molecule has 0 atom stereocenters. The van der Waals surface area contributed by atoms with E-state index in [-0.39, 0.29) is 12.0 Å². The van der Waals surface area contributed by atoms with Crippen molar-refractivity contribution in [1.29, 1.82) is 0 Å². The van der Waals surface area contributed by atoms with Gasteiger partial charge in [0.05, 0.1) is 22.2 Å². The van der Waals surface area contributed by atoms with E-state index in [1.165, 1.54) is 24.3 Å². The van der Waals surface area contributed by atoms with Gasteiger partial charge in [0.1, 0.15) is 16.6 Å². The van der Waals surface area contributed by atoms with Crippen LogP contribution in [-0.2, 0) is 6.42 Å². The zero-order valence-electron chi connectivity index (χ0n) is 11.2. The van der Waals surface area contributed by atoms with Gasteiger partial charge in [-0.05, 0) is 30.7 Å². The van der Waals surface area contributed by atoms with E-state index in [0.29, 0.717) is 5.01 Å². The van der Waals surface area contributed by atoms with Crippen molar-refractivity contribution in [1.82, 2.24) is 4.98 Å². The molecule has 0 fully saturated rings. The molecule has 0 aliphatic carbocycles. The summed E-state index contributed by atoms with van der Waals surface area (Å²) < 4.78 is 28.6. The van der Waals surface area contributed by atoms with Gasteiger partial charge < -0.3 is 0 Å². The number of hydrogen-bond donors (Lipinski definition) is 0. The highest BCUT2D eigenvalue weighted by Gasteiger charge is 2.20. The van der Waals surface area contributed by atoms with Crippen LogP contribution in [0.25, 0.3) is 10.2 Å². The van der Waals surface area contributed by atoms with Crippen LogP contribution in [0.15, 0.2) is 36.4 Å². The fourth-order valence-corrected chi connectivity index (χ4v) is 3.10. The Kier molecular flexibility index (Phi) is 3.51. The van der Waals surface area contributed by atoms with Crippen molar-refractivity contribution in [2.45, 2.75) is 13.3 Å². The SMILES string of the molecule is Cc1ccc(F)c(C(=O)Cc2nc3ccccc3s2)c1F. The number of Topliss-reactive ketones (excluding diaryl/α,β-unsaturated/α-hetero) is 1. The first-order valence-electron chi connectivity index (χ1n) is 6.38. The number of carbonyl (C=O) groups is 1. The predicted octanol–water partition coefficient (Wildman–Crippen LogP) is 4.31. The summed E-state index contributed by atoms with van der Waals surface area (Å²) in [5.74, 6) is -2.21. The molecule has 2 nitrogen and oxygen atoms in total. The third-order valence-corrected chi connectivity index (χ3v) is 4.25. The van der Waals surface area contributed by atoms with Crippen LogP contribution < -0.4 is 0 Å². The second kappa shape index (κ2) is 5.33. The van der Waals surface area contributed by atoms with Gasteiger partial charge in [0.2, 0.25) is 0 Å². The van der Waals surface area contributed by atoms with Gasteiger partial charge in [-0.1, -0.05) is 18.2 Å². The lowest BCUT2D eigenvalue weighted by molar-refractivity contribution is 0.0984. The number of aryl methyl sites for hydroxylation is 1. The molecule has 0 saturated carbocycles. The molecule has 0 saturated heterocycles. The molecule has 1 aromatic heterocycles. The Bertz CT molecular complexity index is 808. The molecule has 0 N–H and O–H groups in total. The number of aromatic nitrogens is 1. The number of nitrogens with zero attached hydrogens (tertiary/aromatic N) is 1. The highest BCUT2D eigenvalue weighted by Crippen LogP contribution is 2.24. The highest BCUT2D eigenvalue weighted by atomic mass is 32.1. The Hall–Kier alpha value is -2.14. The number of halogens is 2. The quantitative estimate of drug-likeness (QED) is 0.675. The first-order valence-corrected chi connectivity index (χ1v) is 7.20. The van der Waals surface area contributed by atoms with Gasteiger partial charge in [-0.25, -0.2) is 13.8 Å². The van der Waals surface area contributed by atoms with Crippen molar-refractivity contribution in [3.63, 3.8) is 0 Å². The van der Waals surface area contributed by atoms with Crippen LogP contribution in [-0.4, -0.2) is 10.8 Å². The Morgan fingerprint density at radius 2 is 1.95 bits per heavy atom. The minimum absolute atomic E-state index is 0.101. The Labute approximate surface area is 124 Å². The molecule has 0 aliphatic rings. The number of thiazole rings is 1. The third kappa shape index (κ3) is 2.56. The summed E-state index contributed by atoms with van der Waals surface area (Å²) in [6, 6.07) is 9.91. The van der Waals surface area contributed by atoms with Crippen molar-refractivity contribution >= 4 is 27.3 Å². The lowest BCUT2D eigenvalue weighted by Crippen LogP contribution is -2.10. The van der Waals surface area contributed by atoms with E-state index in [1.54, 1.807) is 0 Å². The molecule has 0 amide bonds. The minimum atomic E-state index is -0.829. The van der Waals surface area contributed by atoms with E-state index in [9.17, 15) is 13.6 Å². The number of para-hydroxylation sites is 1. The highest BCUT2D eigenvalue weighted by molar-refractivity contribution is 7.18. The number of benzene rings is 2. The van der Waals surface area contributed by atoms with Crippen LogP contribution in [0.2, 0.25) is 0 Å². The second-order valence-electron chi connectivity index (χ2n) is 4.73. The zero-order valence-corrected chi connectivity index (χ0v) is 12.0. The Morgan fingerprint density at radius 1 is 1.19 bits per heavy atom. The second-order valence-corrected chi connectivity index (χ2v) is 5.84. The minimum Gasteiger partial charge on any atom is -0.293 e. The molecule has 5 heteroatoms. The van der Waals surface area contributed by atoms with E-state index >= 15 is 0 Å². The van der Waals surface area contributed by atoms with E-state index in [4.69, 9.17) is 0 Å². The molecule has 0 spiro atoms. The summed E-state index contributed by atoms with van der Waals surface area (Å²) in [7, 11) is 0. The molecule has 21 heavy (non-hydrogen) atoms. The van der Waals surface area contributed by atoms with Crippen molar-refractivity contribution < 1.29 is 13.6 Å². The van der Waals surface area contributed by atoms with Crippen molar-refractivity contribution in [2.75, 3.05) is 0 Å². The van der Waals surface area contributed by atoms with Gasteiger partial charge in [0, 0.05) is 0 Å². The Morgan fingerprint density at radius 3 is 2.71 bits per heavy atom. The molecule has 3 aromatic rings. The average molecular weight is 303 g/mol. The van der Waals surface area contributed by atoms with Crippen molar-refractivity contribution in [2.24, 2.45) is 0 Å². The van der Waals surface area contributed by atoms with Crippen molar-refractivity contribution in [3.8, 4) is 0 Å². The summed E-state index contributed by atoms with van der Waals surface area (Å²) in [5, 5.41) is 0.557. The molecular weight excluding hydrogens is 292 g/mol. The fraction of sp³-hybridized carbons (Fsp3) is 0.125. The summed E-state index contributed by atoms with van der Waals surface area (Å²) in [5.41, 5.74) is 0.564. The third-order valence-electron chi connectivity index (χ3n) is 3.21. The number of rotatable bonds is 3. The van der Waals surface area contributed by atoms with E-state index in [0.717, 1.165) is 16.3 Å². The molecule has 0 unspecified atom stereocenters. The first kappa shape index (κ1) is 13.8. The number of hydrogen-bond acceptors (Lipinski definition) is 3. The predicted molar refractivity (Wildman–Crippen MR) is 78.7 cm³/mol. The van der Waals surface area contributed by atoms with Crippen LogP contribution in [0.4, 0.5) is 8.78 Å². The monoisotopic (exact) mass is 303 g/mol. The molecule has 0 bridgehead atoms. The van der Waals surface area contributed by atoms with Crippen LogP contribution in [0.5, 0.6) is 0 Å². The average Bonchev–Trinajstić information content (AvgIpc) is 2.85. The maximum Gasteiger partial charge on any atom is 0.175 e. The van der Waals surface area contributed by atoms with Gasteiger partial charge in [-0.15, -0.1) is 11.3 Å². The van der Waals surface area contributed by atoms with E-state index < -0.39 is 23.0 Å². The maximum atomic E-state index is 13.9. The zero-order chi connectivity index (χ0) is 15.0. The number of ketones is 1. The normalized spacial score (nSPS) is 11.0. The van der Waals surface area contributed by atoms with Gasteiger partial charge in [-0.3, -0.25) is 4.79 Å². The molecule has 2 aromatic carbocycles. The lowest BCUT2D eigenvalue weighted by atomic mass is 10.0. The lowest BCUT2D eigenvalue weighted by Gasteiger charge is -2.05. The van der Waals surface area contributed by atoms with E-state index in [2.05, 4.69) is 4.98 Å². The largest absolute Gasteiger partial charge is 0.293 e. The van der Waals surface area contributed by atoms with Crippen LogP contribution in [0.1, 0.15) is 20.9 Å². The fourth-order valence-electron chi connectivity index (χ4n) is 2.13. The summed E-state index contributed by atoms with van der Waals surface area (Å²) in [6.07, 6.45) is -0.101. The standard InChI is InChI=1S/C16H11F2NOS/c1-9-6-7-10(17)15(16(9)18)12(20)8-14-19-11-4-2-3-5-13(11)21-14/h2-7H,8H2,1H3. The smallest absolute Gasteiger partial charge is 0.175 e. The van der Waals surface area contributed by atoms with Gasteiger partial charge in [0.25, 0.3) is 0 Å². The molecule has 1 heterocycles. The molecule has 0 aliphatic heterocycles. The molecule has 3 rings (SSSR count). The number of fused-ring (bicyclic) bond motifs is 1. The van der Waals surface area contributed by atoms with Crippen LogP contribution in [0.3, 0.4) is 0 Å². The summed E-state index contributed by atoms with van der Waals surface area (Å²) >= 11 is 1.36. The maximum absolute atomic E-state index is 13.9. The van der Waals surface area contributed by atoms with Crippen molar-refractivity contribution in [3.05, 3.63) is 64.2 Å². The summed E-state index contributed by atoms with van der Waals surface area (Å²) in [4.78, 5) is 16.5. The van der Waals surface area contributed by atoms with Gasteiger partial charge in [0.15, 0.2) is 5.78 Å². The molecular formula is C16H11F2NOS.